The molecule has 1 N–H and O–H groups in total. The first-order valence-corrected chi connectivity index (χ1v) is 7.46. The van der Waals surface area contributed by atoms with Crippen LogP contribution in [0.5, 0.6) is 0 Å². The predicted molar refractivity (Wildman–Crippen MR) is 67.6 cm³/mol. The lowest BCUT2D eigenvalue weighted by atomic mass is 10.1. The third-order valence-electron chi connectivity index (χ3n) is 3.17. The molecule has 2 heterocycles. The number of nitrogens with zero attached hydrogens (tertiary/aromatic N) is 3. The maximum absolute atomic E-state index is 12.4. The highest BCUT2D eigenvalue weighted by Crippen LogP contribution is 2.18. The summed E-state index contributed by atoms with van der Waals surface area (Å²) in [4.78, 5) is 0. The predicted octanol–water partition coefficient (Wildman–Crippen LogP) is 0.158. The van der Waals surface area contributed by atoms with E-state index in [0.717, 1.165) is 12.8 Å². The van der Waals surface area contributed by atoms with Crippen molar-refractivity contribution in [2.45, 2.75) is 30.8 Å². The van der Waals surface area contributed by atoms with E-state index in [2.05, 4.69) is 15.5 Å². The van der Waals surface area contributed by atoms with Crippen LogP contribution in [0.15, 0.2) is 17.2 Å². The summed E-state index contributed by atoms with van der Waals surface area (Å²) in [7, 11) is -1.65. The van der Waals surface area contributed by atoms with Crippen LogP contribution < -0.4 is 5.32 Å². The van der Waals surface area contributed by atoms with Gasteiger partial charge >= 0.3 is 0 Å². The Labute approximate surface area is 107 Å². The molecule has 1 atom stereocenters. The Hall–Kier alpha value is -1.05. The van der Waals surface area contributed by atoms with Gasteiger partial charge in [0.2, 0.25) is 0 Å². The summed E-state index contributed by atoms with van der Waals surface area (Å²) < 4.78 is 26.2. The lowest BCUT2D eigenvalue weighted by molar-refractivity contribution is 0.292. The normalized spacial score (nSPS) is 22.0. The first-order chi connectivity index (χ1) is 8.54. The van der Waals surface area contributed by atoms with Crippen LogP contribution in [-0.2, 0) is 10.0 Å². The van der Waals surface area contributed by atoms with Gasteiger partial charge in [-0.15, -0.1) is 5.10 Å². The first kappa shape index (κ1) is 13.4. The molecule has 0 saturated carbocycles. The zero-order valence-electron chi connectivity index (χ0n) is 10.6. The van der Waals surface area contributed by atoms with E-state index in [-0.39, 0.29) is 11.1 Å². The van der Waals surface area contributed by atoms with Gasteiger partial charge in [-0.05, 0) is 38.9 Å². The van der Waals surface area contributed by atoms with Gasteiger partial charge in [0, 0.05) is 19.1 Å². The van der Waals surface area contributed by atoms with Crippen molar-refractivity contribution in [1.29, 1.82) is 0 Å². The molecule has 7 heteroatoms. The van der Waals surface area contributed by atoms with E-state index in [4.69, 9.17) is 0 Å². The van der Waals surface area contributed by atoms with Crippen molar-refractivity contribution in [3.05, 3.63) is 17.8 Å². The van der Waals surface area contributed by atoms with Gasteiger partial charge in [0.25, 0.3) is 10.0 Å². The van der Waals surface area contributed by atoms with Crippen molar-refractivity contribution in [1.82, 2.24) is 19.8 Å². The second-order valence-corrected chi connectivity index (χ2v) is 6.39. The van der Waals surface area contributed by atoms with Crippen molar-refractivity contribution in [3.8, 4) is 0 Å². The van der Waals surface area contributed by atoms with E-state index in [0.29, 0.717) is 18.8 Å². The number of piperidine rings is 1. The Morgan fingerprint density at radius 1 is 1.39 bits per heavy atom. The Bertz CT molecular complexity index is 500. The zero-order valence-corrected chi connectivity index (χ0v) is 11.4. The lowest BCUT2D eigenvalue weighted by Gasteiger charge is -2.31. The van der Waals surface area contributed by atoms with Gasteiger partial charge < -0.3 is 5.32 Å². The van der Waals surface area contributed by atoms with E-state index < -0.39 is 10.0 Å². The van der Waals surface area contributed by atoms with Crippen LogP contribution in [0, 0.1) is 6.92 Å². The van der Waals surface area contributed by atoms with E-state index in [9.17, 15) is 8.42 Å². The maximum atomic E-state index is 12.4. The average Bonchev–Trinajstić information content (AvgIpc) is 2.39. The number of nitrogens with one attached hydrogen (secondary N) is 1. The molecule has 0 radical (unpaired) electrons. The molecular formula is C11H18N4O2S. The van der Waals surface area contributed by atoms with Crippen LogP contribution in [0.4, 0.5) is 0 Å². The number of hydrogen-bond acceptors (Lipinski definition) is 5. The van der Waals surface area contributed by atoms with Gasteiger partial charge in [-0.2, -0.15) is 9.40 Å². The Kier molecular flexibility index (Phi) is 3.94. The molecule has 100 valence electrons. The first-order valence-electron chi connectivity index (χ1n) is 6.02. The van der Waals surface area contributed by atoms with Crippen molar-refractivity contribution >= 4 is 10.0 Å². The SMILES string of the molecule is CN[C@@H]1CCCN(S(=O)(=O)c2ccc(C)nn2)C1. The Balaban J connectivity index is 2.22. The fourth-order valence-electron chi connectivity index (χ4n) is 2.05. The zero-order chi connectivity index (χ0) is 13.2. The number of hydrogen-bond donors (Lipinski definition) is 1. The third-order valence-corrected chi connectivity index (χ3v) is 4.93. The molecule has 1 fully saturated rings. The van der Waals surface area contributed by atoms with Gasteiger partial charge in [-0.25, -0.2) is 8.42 Å². The number of aryl methyl sites for hydroxylation is 1. The molecule has 1 aliphatic heterocycles. The molecule has 0 spiro atoms. The van der Waals surface area contributed by atoms with Crippen LogP contribution >= 0.6 is 0 Å². The van der Waals surface area contributed by atoms with Gasteiger partial charge in [-0.3, -0.25) is 0 Å². The van der Waals surface area contributed by atoms with Gasteiger partial charge in [0.05, 0.1) is 5.69 Å². The van der Waals surface area contributed by atoms with E-state index in [1.807, 2.05) is 7.05 Å². The van der Waals surface area contributed by atoms with Gasteiger partial charge in [-0.1, -0.05) is 0 Å². The molecular weight excluding hydrogens is 252 g/mol. The quantitative estimate of drug-likeness (QED) is 0.846. The molecule has 6 nitrogen and oxygen atoms in total. The van der Waals surface area contributed by atoms with Crippen LogP contribution in [0.25, 0.3) is 0 Å². The molecule has 2 rings (SSSR count). The molecule has 0 aliphatic carbocycles. The molecule has 0 aromatic carbocycles. The van der Waals surface area contributed by atoms with Crippen molar-refractivity contribution in [3.63, 3.8) is 0 Å². The highest BCUT2D eigenvalue weighted by atomic mass is 32.2. The molecule has 1 saturated heterocycles. The fourth-order valence-corrected chi connectivity index (χ4v) is 3.45. The Morgan fingerprint density at radius 2 is 2.17 bits per heavy atom. The minimum absolute atomic E-state index is 0.0323. The van der Waals surface area contributed by atoms with Crippen LogP contribution in [0.3, 0.4) is 0 Å². The summed E-state index contributed by atoms with van der Waals surface area (Å²) >= 11 is 0. The van der Waals surface area contributed by atoms with E-state index in [1.165, 1.54) is 10.4 Å². The molecule has 0 amide bonds. The Morgan fingerprint density at radius 3 is 2.78 bits per heavy atom. The number of sulfonamides is 1. The van der Waals surface area contributed by atoms with E-state index >= 15 is 0 Å². The minimum Gasteiger partial charge on any atom is -0.316 e. The van der Waals surface area contributed by atoms with E-state index in [1.54, 1.807) is 13.0 Å². The standard InChI is InChI=1S/C11H18N4O2S/c1-9-5-6-11(14-13-9)18(16,17)15-7-3-4-10(8-15)12-2/h5-6,10,12H,3-4,7-8H2,1-2H3/t10-/m1/s1. The largest absolute Gasteiger partial charge is 0.316 e. The van der Waals surface area contributed by atoms with Gasteiger partial charge in [0.1, 0.15) is 0 Å². The topological polar surface area (TPSA) is 75.2 Å². The summed E-state index contributed by atoms with van der Waals surface area (Å²) in [6, 6.07) is 3.40. The van der Waals surface area contributed by atoms with Crippen LogP contribution in [0.2, 0.25) is 0 Å². The average molecular weight is 270 g/mol. The molecule has 0 bridgehead atoms. The molecule has 1 aliphatic rings. The molecule has 18 heavy (non-hydrogen) atoms. The summed E-state index contributed by atoms with van der Waals surface area (Å²) in [5.41, 5.74) is 0.709. The fraction of sp³-hybridized carbons (Fsp3) is 0.636. The second kappa shape index (κ2) is 5.29. The monoisotopic (exact) mass is 270 g/mol. The van der Waals surface area contributed by atoms with Crippen molar-refractivity contribution in [2.24, 2.45) is 0 Å². The maximum Gasteiger partial charge on any atom is 0.262 e. The molecule has 0 unspecified atom stereocenters. The summed E-state index contributed by atoms with van der Waals surface area (Å²) in [6.07, 6.45) is 1.87. The summed E-state index contributed by atoms with van der Waals surface area (Å²) in [5.74, 6) is 0. The van der Waals surface area contributed by atoms with Crippen LogP contribution in [0.1, 0.15) is 18.5 Å². The third kappa shape index (κ3) is 2.68. The number of aromatic nitrogens is 2. The van der Waals surface area contributed by atoms with Crippen LogP contribution in [-0.4, -0.2) is 49.1 Å². The van der Waals surface area contributed by atoms with Gasteiger partial charge in [0.15, 0.2) is 5.03 Å². The van der Waals surface area contributed by atoms with Crippen molar-refractivity contribution < 1.29 is 8.42 Å². The number of rotatable bonds is 3. The highest BCUT2D eigenvalue weighted by Gasteiger charge is 2.30. The smallest absolute Gasteiger partial charge is 0.262 e. The van der Waals surface area contributed by atoms with Crippen molar-refractivity contribution in [2.75, 3.05) is 20.1 Å². The summed E-state index contributed by atoms with van der Waals surface area (Å²) in [6.45, 7) is 2.83. The highest BCUT2D eigenvalue weighted by molar-refractivity contribution is 7.89. The summed E-state index contributed by atoms with van der Waals surface area (Å²) in [5, 5.41) is 10.7. The second-order valence-electron chi connectivity index (χ2n) is 4.50. The lowest BCUT2D eigenvalue weighted by Crippen LogP contribution is -2.47. The molecule has 1 aromatic rings. The number of likely N-dealkylation sites (N-methyl/N-ethyl adjacent to an activating group) is 1. The molecule has 1 aromatic heterocycles. The minimum atomic E-state index is -3.50.